The minimum atomic E-state index is -0.477. The van der Waals surface area contributed by atoms with Crippen LogP contribution in [0, 0.1) is 5.92 Å². The van der Waals surface area contributed by atoms with Gasteiger partial charge in [0.25, 0.3) is 0 Å². The molecule has 0 atom stereocenters. The Morgan fingerprint density at radius 3 is 1.21 bits per heavy atom. The number of unbranched alkanes of at least 4 members (excludes halogenated alkanes) is 25. The number of alkyl carbamates (subject to hydrolysis) is 1. The standard InChI is InChI=1S/C61H124B4N8O7/c1-62(76)70(5)49-39-53-72(64(3)78)51-37-35-45-66-55-59(56-67-46-36-38-52-73(65(4)79)54-40-50-71(6)63(2)77)43-29-25-27-33-47-68-60(74)44-32-24-22-20-18-16-14-12-10-8-7-9-11-13-15-17-19-21-23-26-34-48-69-61(75)80-57-58-41-30-28-31-42-58/h28,30-31,41-42,59,66-67,76-79H,7-27,29,32-40,43-57H2,1-6H3,(H,68,74)(H,69,75). The fourth-order valence-corrected chi connectivity index (χ4v) is 10.4. The molecule has 1 aromatic carbocycles. The van der Waals surface area contributed by atoms with Gasteiger partial charge in [-0.25, -0.2) is 4.79 Å². The fraction of sp³-hybridized carbons (Fsp3) is 0.869. The van der Waals surface area contributed by atoms with Crippen LogP contribution in [0.3, 0.4) is 0 Å². The maximum absolute atomic E-state index is 12.5. The van der Waals surface area contributed by atoms with Crippen molar-refractivity contribution in [2.75, 3.05) is 92.6 Å². The molecule has 2 amide bonds. The molecule has 462 valence electrons. The zero-order chi connectivity index (χ0) is 58.5. The summed E-state index contributed by atoms with van der Waals surface area (Å²) in [6, 6.07) is 9.78. The van der Waals surface area contributed by atoms with Gasteiger partial charge in [0.05, 0.1) is 0 Å². The van der Waals surface area contributed by atoms with Gasteiger partial charge >= 0.3 is 34.3 Å². The zero-order valence-electron chi connectivity index (χ0n) is 52.6. The van der Waals surface area contributed by atoms with Gasteiger partial charge in [-0.2, -0.15) is 0 Å². The third kappa shape index (κ3) is 48.2. The quantitative estimate of drug-likeness (QED) is 0.0228. The largest absolute Gasteiger partial charge is 0.445 e. The number of rotatable bonds is 59. The van der Waals surface area contributed by atoms with Gasteiger partial charge in [-0.3, -0.25) is 4.79 Å². The Balaban J connectivity index is 2.09. The Morgan fingerprint density at radius 1 is 0.438 bits per heavy atom. The summed E-state index contributed by atoms with van der Waals surface area (Å²) >= 11 is 0. The van der Waals surface area contributed by atoms with Crippen molar-refractivity contribution in [3.63, 3.8) is 0 Å². The summed E-state index contributed by atoms with van der Waals surface area (Å²) < 4.78 is 5.27. The SMILES string of the molecule is CB(O)N(C)CCCN(CCCCNCC(CCCCCCNC(=O)CCCCCCCCCCCCCCCCCCCCCCCNC(=O)OCc1ccccc1)CNCCCCN(CCCN(C)B(C)O)B(C)O)B(C)O. The van der Waals surface area contributed by atoms with E-state index >= 15 is 0 Å². The number of nitrogens with one attached hydrogen (secondary N) is 4. The Morgan fingerprint density at radius 2 is 0.800 bits per heavy atom. The van der Waals surface area contributed by atoms with Crippen molar-refractivity contribution >= 4 is 40.2 Å². The van der Waals surface area contributed by atoms with E-state index in [4.69, 9.17) is 4.74 Å². The number of hydrogen-bond acceptors (Lipinski definition) is 13. The highest BCUT2D eigenvalue weighted by atomic mass is 16.5. The van der Waals surface area contributed by atoms with Crippen LogP contribution >= 0.6 is 0 Å². The van der Waals surface area contributed by atoms with Crippen LogP contribution in [0.5, 0.6) is 0 Å². The predicted octanol–water partition coefficient (Wildman–Crippen LogP) is 10.6. The number of ether oxygens (including phenoxy) is 1. The van der Waals surface area contributed by atoms with E-state index in [9.17, 15) is 29.7 Å². The third-order valence-electron chi connectivity index (χ3n) is 16.1. The number of hydrogen-bond donors (Lipinski definition) is 8. The van der Waals surface area contributed by atoms with Crippen LogP contribution < -0.4 is 21.3 Å². The summed E-state index contributed by atoms with van der Waals surface area (Å²) in [6.45, 7) is 17.9. The van der Waals surface area contributed by atoms with E-state index in [0.29, 0.717) is 25.5 Å². The molecular formula is C61H124B4N8O7. The lowest BCUT2D eigenvalue weighted by molar-refractivity contribution is -0.121. The number of carbonyl (C=O) groups excluding carboxylic acids is 2. The summed E-state index contributed by atoms with van der Waals surface area (Å²) in [7, 11) is 1.97. The van der Waals surface area contributed by atoms with E-state index in [-0.39, 0.29) is 12.0 Å². The van der Waals surface area contributed by atoms with Gasteiger partial charge in [0.15, 0.2) is 0 Å². The fourth-order valence-electron chi connectivity index (χ4n) is 10.4. The summed E-state index contributed by atoms with van der Waals surface area (Å²) in [6.07, 6.45) is 39.3. The molecule has 15 nitrogen and oxygen atoms in total. The first-order chi connectivity index (χ1) is 38.8. The van der Waals surface area contributed by atoms with Crippen LogP contribution in [0.15, 0.2) is 30.3 Å². The molecule has 1 aromatic rings. The van der Waals surface area contributed by atoms with Crippen LogP contribution in [0.1, 0.15) is 217 Å². The van der Waals surface area contributed by atoms with Gasteiger partial charge in [0.2, 0.25) is 5.91 Å². The number of nitrogens with zero attached hydrogens (tertiary/aromatic N) is 4. The Bertz CT molecular complexity index is 1480. The second-order valence-electron chi connectivity index (χ2n) is 23.7. The lowest BCUT2D eigenvalue weighted by atomic mass is 9.83. The monoisotopic (exact) mass is 1120 g/mol. The molecule has 0 aromatic heterocycles. The molecular weight excluding hydrogens is 1000 g/mol. The first-order valence-corrected chi connectivity index (χ1v) is 33.0. The first-order valence-electron chi connectivity index (χ1n) is 33.0. The highest BCUT2D eigenvalue weighted by Crippen LogP contribution is 2.16. The van der Waals surface area contributed by atoms with Gasteiger partial charge in [-0.1, -0.05) is 172 Å². The molecule has 8 N–H and O–H groups in total. The van der Waals surface area contributed by atoms with Crippen molar-refractivity contribution in [2.45, 2.75) is 246 Å². The molecule has 19 heteroatoms. The van der Waals surface area contributed by atoms with Crippen LogP contribution in [0.2, 0.25) is 27.3 Å². The molecule has 0 saturated carbocycles. The molecule has 0 saturated heterocycles. The second-order valence-corrected chi connectivity index (χ2v) is 23.7. The van der Waals surface area contributed by atoms with E-state index in [0.717, 1.165) is 148 Å². The van der Waals surface area contributed by atoms with Crippen molar-refractivity contribution in [3.8, 4) is 0 Å². The number of amides is 2. The van der Waals surface area contributed by atoms with Gasteiger partial charge < -0.3 is 65.3 Å². The highest BCUT2D eigenvalue weighted by Gasteiger charge is 2.19. The number of carbonyl (C=O) groups is 2. The summed E-state index contributed by atoms with van der Waals surface area (Å²) in [5, 5.41) is 53.7. The van der Waals surface area contributed by atoms with Crippen LogP contribution in [-0.2, 0) is 16.1 Å². The van der Waals surface area contributed by atoms with Crippen molar-refractivity contribution in [2.24, 2.45) is 5.92 Å². The maximum Gasteiger partial charge on any atom is 0.407 e. The summed E-state index contributed by atoms with van der Waals surface area (Å²) in [5.74, 6) is 0.758. The van der Waals surface area contributed by atoms with Crippen LogP contribution in [-0.4, -0.2) is 172 Å². The summed E-state index contributed by atoms with van der Waals surface area (Å²) in [4.78, 5) is 32.5. The van der Waals surface area contributed by atoms with E-state index in [1.807, 2.05) is 67.7 Å². The van der Waals surface area contributed by atoms with E-state index in [1.165, 1.54) is 135 Å². The van der Waals surface area contributed by atoms with E-state index < -0.39 is 28.2 Å². The lowest BCUT2D eigenvalue weighted by Gasteiger charge is -2.25. The maximum atomic E-state index is 12.5. The average molecular weight is 1120 g/mol. The summed E-state index contributed by atoms with van der Waals surface area (Å²) in [5.41, 5.74) is 1.01. The van der Waals surface area contributed by atoms with Crippen molar-refractivity contribution in [1.29, 1.82) is 0 Å². The average Bonchev–Trinajstić information content (AvgIpc) is 3.43. The minimum absolute atomic E-state index is 0.213. The van der Waals surface area contributed by atoms with E-state index in [2.05, 4.69) is 30.9 Å². The van der Waals surface area contributed by atoms with Gasteiger partial charge in [-0.15, -0.1) is 0 Å². The normalized spacial score (nSPS) is 11.7. The van der Waals surface area contributed by atoms with E-state index in [1.54, 1.807) is 13.6 Å². The Labute approximate surface area is 493 Å². The smallest absolute Gasteiger partial charge is 0.407 e. The molecule has 0 heterocycles. The Kier molecular flexibility index (Phi) is 51.9. The predicted molar refractivity (Wildman–Crippen MR) is 343 cm³/mol. The molecule has 0 bridgehead atoms. The third-order valence-corrected chi connectivity index (χ3v) is 16.1. The molecule has 0 unspecified atom stereocenters. The van der Waals surface area contributed by atoms with Gasteiger partial charge in [-0.05, 0) is 183 Å². The lowest BCUT2D eigenvalue weighted by Crippen LogP contribution is -2.41. The molecule has 0 aliphatic rings. The zero-order valence-corrected chi connectivity index (χ0v) is 52.6. The van der Waals surface area contributed by atoms with Crippen molar-refractivity contribution < 1.29 is 34.4 Å². The topological polar surface area (TPSA) is 185 Å². The second kappa shape index (κ2) is 54.7. The molecule has 0 radical (unpaired) electrons. The molecule has 0 aliphatic heterocycles. The van der Waals surface area contributed by atoms with Crippen molar-refractivity contribution in [1.82, 2.24) is 40.5 Å². The molecule has 0 aliphatic carbocycles. The van der Waals surface area contributed by atoms with Crippen molar-refractivity contribution in [3.05, 3.63) is 35.9 Å². The molecule has 0 spiro atoms. The van der Waals surface area contributed by atoms with Crippen LogP contribution in [0.25, 0.3) is 0 Å². The number of benzene rings is 1. The molecule has 80 heavy (non-hydrogen) atoms. The first kappa shape index (κ1) is 75.8. The minimum Gasteiger partial charge on any atom is -0.445 e. The van der Waals surface area contributed by atoms with Gasteiger partial charge in [0, 0.05) is 19.5 Å². The molecule has 0 fully saturated rings. The highest BCUT2D eigenvalue weighted by molar-refractivity contribution is 6.46. The van der Waals surface area contributed by atoms with Crippen LogP contribution in [0.4, 0.5) is 4.79 Å². The van der Waals surface area contributed by atoms with Gasteiger partial charge in [0.1, 0.15) is 6.61 Å². The molecule has 1 rings (SSSR count). The Hall–Kier alpha value is -2.18.